The SMILES string of the molecule is CCC1=C(COc2cc(C(N)=O)on2)SC(c2ccccc2)=NC1.CN1CCC[C@H](c2n[nH]c(=O)s2)CC1. The quantitative estimate of drug-likeness (QED) is 0.444. The Morgan fingerprint density at radius 2 is 2.08 bits per heavy atom. The number of H-pyrrole nitrogens is 1. The summed E-state index contributed by atoms with van der Waals surface area (Å²) in [6.45, 7) is 5.39. The zero-order chi connectivity index (χ0) is 26.9. The van der Waals surface area contributed by atoms with Gasteiger partial charge in [0, 0.05) is 16.4 Å². The van der Waals surface area contributed by atoms with Gasteiger partial charge in [0.05, 0.1) is 12.6 Å². The van der Waals surface area contributed by atoms with Gasteiger partial charge in [-0.05, 0) is 56.6 Å². The third kappa shape index (κ3) is 7.65. The van der Waals surface area contributed by atoms with Crippen LogP contribution in [-0.2, 0) is 0 Å². The van der Waals surface area contributed by atoms with Crippen molar-refractivity contribution in [3.05, 3.63) is 72.9 Å². The van der Waals surface area contributed by atoms with Gasteiger partial charge in [-0.15, -0.1) is 0 Å². The average Bonchev–Trinajstić information content (AvgIpc) is 3.54. The van der Waals surface area contributed by atoms with Gasteiger partial charge in [-0.3, -0.25) is 14.6 Å². The molecule has 1 amide bonds. The smallest absolute Gasteiger partial charge is 0.322 e. The molecule has 3 N–H and O–H groups in total. The molecule has 1 atom stereocenters. The Balaban J connectivity index is 0.000000204. The van der Waals surface area contributed by atoms with Crippen molar-refractivity contribution in [2.45, 2.75) is 38.5 Å². The lowest BCUT2D eigenvalue weighted by Crippen LogP contribution is -2.18. The fourth-order valence-corrected chi connectivity index (χ4v) is 6.00. The second-order valence-electron chi connectivity index (χ2n) is 9.03. The summed E-state index contributed by atoms with van der Waals surface area (Å²) < 4.78 is 10.5. The molecule has 0 bridgehead atoms. The number of hydrogen-bond acceptors (Lipinski definition) is 10. The molecule has 1 saturated heterocycles. The number of carbonyl (C=O) groups is 1. The van der Waals surface area contributed by atoms with E-state index in [1.54, 1.807) is 11.8 Å². The number of aromatic amines is 1. The van der Waals surface area contributed by atoms with Gasteiger partial charge in [0.1, 0.15) is 16.7 Å². The van der Waals surface area contributed by atoms with Gasteiger partial charge in [0.2, 0.25) is 5.76 Å². The van der Waals surface area contributed by atoms with Gasteiger partial charge in [-0.25, -0.2) is 5.10 Å². The molecule has 1 aromatic carbocycles. The summed E-state index contributed by atoms with van der Waals surface area (Å²) in [4.78, 5) is 30.1. The Bertz CT molecular complexity index is 1330. The lowest BCUT2D eigenvalue weighted by molar-refractivity contribution is 0.0964. The first-order chi connectivity index (χ1) is 18.4. The van der Waals surface area contributed by atoms with Gasteiger partial charge in [-0.2, -0.15) is 5.10 Å². The van der Waals surface area contributed by atoms with Crippen molar-refractivity contribution < 1.29 is 14.1 Å². The molecule has 0 radical (unpaired) electrons. The Morgan fingerprint density at radius 1 is 1.26 bits per heavy atom. The van der Waals surface area contributed by atoms with Crippen molar-refractivity contribution >= 4 is 34.0 Å². The van der Waals surface area contributed by atoms with Crippen LogP contribution in [0.15, 0.2) is 61.2 Å². The Kier molecular flexibility index (Phi) is 9.91. The lowest BCUT2D eigenvalue weighted by atomic mass is 10.0. The maximum absolute atomic E-state index is 11.0. The van der Waals surface area contributed by atoms with Crippen molar-refractivity contribution in [3.8, 4) is 5.88 Å². The normalized spacial score (nSPS) is 18.3. The topological polar surface area (TPSA) is 140 Å². The number of thioether (sulfide) groups is 1. The highest BCUT2D eigenvalue weighted by Gasteiger charge is 2.20. The lowest BCUT2D eigenvalue weighted by Gasteiger charge is -2.19. The molecular weight excluding hydrogens is 524 g/mol. The first-order valence-corrected chi connectivity index (χ1v) is 14.2. The molecule has 5 rings (SSSR count). The van der Waals surface area contributed by atoms with E-state index in [0.717, 1.165) is 52.9 Å². The molecule has 38 heavy (non-hydrogen) atoms. The van der Waals surface area contributed by atoms with Crippen LogP contribution >= 0.6 is 23.1 Å². The molecule has 12 heteroatoms. The second kappa shape index (κ2) is 13.5. The van der Waals surface area contributed by atoms with Crippen LogP contribution in [0, 0.1) is 0 Å². The van der Waals surface area contributed by atoms with E-state index in [4.69, 9.17) is 15.0 Å². The number of hydrogen-bond donors (Lipinski definition) is 2. The number of rotatable bonds is 7. The Hall–Kier alpha value is -3.22. The summed E-state index contributed by atoms with van der Waals surface area (Å²) in [5.74, 6) is 0.0499. The van der Waals surface area contributed by atoms with Crippen molar-refractivity contribution in [2.24, 2.45) is 10.7 Å². The molecule has 2 aliphatic rings. The summed E-state index contributed by atoms with van der Waals surface area (Å²) in [5.41, 5.74) is 7.46. The molecule has 3 aromatic rings. The van der Waals surface area contributed by atoms with Crippen LogP contribution in [0.2, 0.25) is 0 Å². The first-order valence-electron chi connectivity index (χ1n) is 12.5. The van der Waals surface area contributed by atoms with E-state index in [-0.39, 0.29) is 16.5 Å². The minimum Gasteiger partial charge on any atom is -0.470 e. The van der Waals surface area contributed by atoms with Crippen LogP contribution in [0.3, 0.4) is 0 Å². The van der Waals surface area contributed by atoms with Gasteiger partial charge >= 0.3 is 4.87 Å². The molecule has 202 valence electrons. The van der Waals surface area contributed by atoms with Crippen LogP contribution in [0.25, 0.3) is 0 Å². The van der Waals surface area contributed by atoms with Gasteiger partial charge in [0.25, 0.3) is 11.8 Å². The minimum atomic E-state index is -0.670. The molecule has 10 nitrogen and oxygen atoms in total. The van der Waals surface area contributed by atoms with Crippen LogP contribution < -0.4 is 15.3 Å². The van der Waals surface area contributed by atoms with Crippen molar-refractivity contribution in [3.63, 3.8) is 0 Å². The number of likely N-dealkylation sites (tertiary alicyclic amines) is 1. The molecule has 0 saturated carbocycles. The molecule has 1 fully saturated rings. The van der Waals surface area contributed by atoms with E-state index in [1.165, 1.54) is 29.4 Å². The number of amides is 1. The predicted octanol–water partition coefficient (Wildman–Crippen LogP) is 4.04. The minimum absolute atomic E-state index is 0.0162. The number of benzene rings is 1. The monoisotopic (exact) mass is 556 g/mol. The van der Waals surface area contributed by atoms with Gasteiger partial charge in [-0.1, -0.05) is 60.4 Å². The molecule has 2 aromatic heterocycles. The summed E-state index contributed by atoms with van der Waals surface area (Å²) in [6, 6.07) is 11.4. The highest BCUT2D eigenvalue weighted by molar-refractivity contribution is 8.17. The maximum atomic E-state index is 11.0. The number of primary amides is 1. The number of carbonyl (C=O) groups excluding carboxylic acids is 1. The number of nitrogens with zero attached hydrogens (tertiary/aromatic N) is 4. The molecular formula is C26H32N6O4S2. The number of aromatic nitrogens is 3. The number of nitrogens with one attached hydrogen (secondary N) is 1. The summed E-state index contributed by atoms with van der Waals surface area (Å²) in [6.07, 6.45) is 4.39. The fraction of sp³-hybridized carbons (Fsp3) is 0.423. The van der Waals surface area contributed by atoms with Gasteiger partial charge in [0.15, 0.2) is 0 Å². The van der Waals surface area contributed by atoms with E-state index in [0.29, 0.717) is 19.1 Å². The Labute approximate surface area is 229 Å². The molecule has 0 unspecified atom stereocenters. The van der Waals surface area contributed by atoms with E-state index < -0.39 is 5.91 Å². The van der Waals surface area contributed by atoms with Crippen LogP contribution in [0.5, 0.6) is 5.88 Å². The third-order valence-electron chi connectivity index (χ3n) is 6.31. The molecule has 2 aliphatic heterocycles. The van der Waals surface area contributed by atoms with Crippen LogP contribution in [-0.4, -0.2) is 64.5 Å². The molecule has 4 heterocycles. The van der Waals surface area contributed by atoms with Crippen molar-refractivity contribution in [2.75, 3.05) is 33.3 Å². The Morgan fingerprint density at radius 3 is 2.76 bits per heavy atom. The summed E-state index contributed by atoms with van der Waals surface area (Å²) in [7, 11) is 2.15. The van der Waals surface area contributed by atoms with Crippen LogP contribution in [0.1, 0.15) is 59.7 Å². The fourth-order valence-electron chi connectivity index (χ4n) is 4.13. The highest BCUT2D eigenvalue weighted by Crippen LogP contribution is 2.31. The van der Waals surface area contributed by atoms with E-state index in [9.17, 15) is 9.59 Å². The van der Waals surface area contributed by atoms with E-state index >= 15 is 0 Å². The molecule has 0 aliphatic carbocycles. The van der Waals surface area contributed by atoms with Crippen LogP contribution in [0.4, 0.5) is 0 Å². The van der Waals surface area contributed by atoms with E-state index in [1.807, 2.05) is 30.3 Å². The largest absolute Gasteiger partial charge is 0.470 e. The second-order valence-corrected chi connectivity index (χ2v) is 11.1. The average molecular weight is 557 g/mol. The molecule has 0 spiro atoms. The van der Waals surface area contributed by atoms with Crippen molar-refractivity contribution in [1.29, 1.82) is 0 Å². The van der Waals surface area contributed by atoms with Crippen molar-refractivity contribution in [1.82, 2.24) is 20.3 Å². The zero-order valence-electron chi connectivity index (χ0n) is 21.5. The summed E-state index contributed by atoms with van der Waals surface area (Å²) in [5, 5.41) is 12.2. The summed E-state index contributed by atoms with van der Waals surface area (Å²) >= 11 is 2.87. The zero-order valence-corrected chi connectivity index (χ0v) is 23.1. The first kappa shape index (κ1) is 27.8. The van der Waals surface area contributed by atoms with E-state index in [2.05, 4.69) is 39.2 Å². The maximum Gasteiger partial charge on any atom is 0.322 e. The number of nitrogens with two attached hydrogens (primary N) is 1. The number of aliphatic imine (C=N–C) groups is 1. The third-order valence-corrected chi connectivity index (χ3v) is 8.43. The predicted molar refractivity (Wildman–Crippen MR) is 150 cm³/mol. The van der Waals surface area contributed by atoms with Gasteiger partial charge < -0.3 is 19.9 Å². The highest BCUT2D eigenvalue weighted by atomic mass is 32.2. The standard InChI is InChI=1S/C17H17N3O3S.C9H15N3OS/c1-2-11-9-19-17(12-6-4-3-5-7-12)24-14(11)10-22-15-8-13(16(18)21)23-20-15;1-12-5-2-3-7(4-6-12)8-10-11-9(13)14-8/h3-8H,2,9-10H2,1H3,(H2,18,21);7H,2-6H2,1H3,(H,11,13)/t;7-/m.0/s1. The number of ether oxygens (including phenoxy) is 1.